The topological polar surface area (TPSA) is 13.1 Å². The fraction of sp³-hybridized carbons (Fsp3) is 0. The molecule has 0 N–H and O–H groups in total. The summed E-state index contributed by atoms with van der Waals surface area (Å²) in [6.07, 6.45) is 0. The van der Waals surface area contributed by atoms with Gasteiger partial charge in [0.25, 0.3) is 0 Å². The van der Waals surface area contributed by atoms with E-state index in [1.807, 2.05) is 12.1 Å². The molecule has 5 rings (SSSR count). The second-order valence-electron chi connectivity index (χ2n) is 6.39. The Morgan fingerprint density at radius 1 is 0.500 bits per heavy atom. The average Bonchev–Trinajstić information content (AvgIpc) is 3.07. The molecule has 1 nitrogen and oxygen atoms in total. The molecule has 0 saturated heterocycles. The van der Waals surface area contributed by atoms with Crippen LogP contribution in [0.4, 0.5) is 0 Å². The van der Waals surface area contributed by atoms with E-state index in [-0.39, 0.29) is 0 Å². The van der Waals surface area contributed by atoms with Gasteiger partial charge < -0.3 is 4.42 Å². The Bertz CT molecular complexity index is 1220. The zero-order valence-electron chi connectivity index (χ0n) is 13.9. The molecule has 1 aromatic heterocycles. The van der Waals surface area contributed by atoms with Crippen LogP contribution in [0.1, 0.15) is 0 Å². The van der Waals surface area contributed by atoms with E-state index >= 15 is 0 Å². The third kappa shape index (κ3) is 2.63. The van der Waals surface area contributed by atoms with E-state index in [1.165, 1.54) is 22.3 Å². The van der Waals surface area contributed by atoms with Crippen molar-refractivity contribution in [3.05, 3.63) is 95.5 Å². The highest BCUT2D eigenvalue weighted by molar-refractivity contribution is 9.10. The fourth-order valence-electron chi connectivity index (χ4n) is 3.40. The molecule has 0 unspecified atom stereocenters. The Hall–Kier alpha value is -2.84. The molecular formula is C24H15BrO. The van der Waals surface area contributed by atoms with Crippen LogP contribution in [-0.2, 0) is 0 Å². The zero-order chi connectivity index (χ0) is 17.5. The third-order valence-corrected chi connectivity index (χ3v) is 5.30. The molecule has 0 fully saturated rings. The van der Waals surface area contributed by atoms with E-state index in [2.05, 4.69) is 94.8 Å². The number of hydrogen-bond donors (Lipinski definition) is 0. The van der Waals surface area contributed by atoms with Crippen LogP contribution in [0.3, 0.4) is 0 Å². The van der Waals surface area contributed by atoms with Crippen molar-refractivity contribution in [1.29, 1.82) is 0 Å². The summed E-state index contributed by atoms with van der Waals surface area (Å²) < 4.78 is 7.02. The molecule has 124 valence electrons. The first-order valence-electron chi connectivity index (χ1n) is 8.56. The van der Waals surface area contributed by atoms with E-state index in [0.717, 1.165) is 26.4 Å². The summed E-state index contributed by atoms with van der Waals surface area (Å²) in [7, 11) is 0. The summed E-state index contributed by atoms with van der Waals surface area (Å²) >= 11 is 3.49. The summed E-state index contributed by atoms with van der Waals surface area (Å²) in [6.45, 7) is 0. The molecule has 4 aromatic carbocycles. The Morgan fingerprint density at radius 2 is 1.04 bits per heavy atom. The van der Waals surface area contributed by atoms with Gasteiger partial charge in [0.2, 0.25) is 0 Å². The largest absolute Gasteiger partial charge is 0.456 e. The molecule has 0 radical (unpaired) electrons. The molecule has 0 saturated carbocycles. The molecule has 2 heteroatoms. The SMILES string of the molecule is Brc1ccc(-c2ccc(-c3ccc4oc5ccccc5c4c3)cc2)cc1. The van der Waals surface area contributed by atoms with Crippen LogP contribution in [0.25, 0.3) is 44.2 Å². The first-order chi connectivity index (χ1) is 12.8. The number of benzene rings is 4. The lowest BCUT2D eigenvalue weighted by molar-refractivity contribution is 0.669. The third-order valence-electron chi connectivity index (χ3n) is 4.77. The van der Waals surface area contributed by atoms with E-state index in [4.69, 9.17) is 4.42 Å². The molecule has 1 heterocycles. The lowest BCUT2D eigenvalue weighted by atomic mass is 9.99. The van der Waals surface area contributed by atoms with Gasteiger partial charge in [0, 0.05) is 15.2 Å². The molecular weight excluding hydrogens is 384 g/mol. The van der Waals surface area contributed by atoms with Gasteiger partial charge in [0.1, 0.15) is 11.2 Å². The van der Waals surface area contributed by atoms with Crippen LogP contribution in [0.5, 0.6) is 0 Å². The van der Waals surface area contributed by atoms with Crippen LogP contribution in [-0.4, -0.2) is 0 Å². The monoisotopic (exact) mass is 398 g/mol. The Labute approximate surface area is 160 Å². The van der Waals surface area contributed by atoms with Crippen molar-refractivity contribution in [3.8, 4) is 22.3 Å². The molecule has 0 aliphatic heterocycles. The van der Waals surface area contributed by atoms with E-state index in [9.17, 15) is 0 Å². The van der Waals surface area contributed by atoms with Crippen molar-refractivity contribution in [2.45, 2.75) is 0 Å². The molecule has 0 bridgehead atoms. The normalized spacial score (nSPS) is 11.3. The van der Waals surface area contributed by atoms with Gasteiger partial charge in [-0.3, -0.25) is 0 Å². The Morgan fingerprint density at radius 3 is 1.77 bits per heavy atom. The Balaban J connectivity index is 1.56. The maximum Gasteiger partial charge on any atom is 0.135 e. The molecule has 0 spiro atoms. The first-order valence-corrected chi connectivity index (χ1v) is 9.35. The lowest BCUT2D eigenvalue weighted by Gasteiger charge is -2.06. The summed E-state index contributed by atoms with van der Waals surface area (Å²) in [5.74, 6) is 0. The number of para-hydroxylation sites is 1. The van der Waals surface area contributed by atoms with Gasteiger partial charge >= 0.3 is 0 Å². The molecule has 5 aromatic rings. The lowest BCUT2D eigenvalue weighted by Crippen LogP contribution is -1.80. The van der Waals surface area contributed by atoms with E-state index in [0.29, 0.717) is 0 Å². The highest BCUT2D eigenvalue weighted by Gasteiger charge is 2.08. The van der Waals surface area contributed by atoms with Crippen molar-refractivity contribution < 1.29 is 4.42 Å². The smallest absolute Gasteiger partial charge is 0.135 e. The predicted molar refractivity (Wildman–Crippen MR) is 112 cm³/mol. The van der Waals surface area contributed by atoms with Gasteiger partial charge in [0.05, 0.1) is 0 Å². The molecule has 26 heavy (non-hydrogen) atoms. The number of hydrogen-bond acceptors (Lipinski definition) is 1. The van der Waals surface area contributed by atoms with Crippen LogP contribution in [0.2, 0.25) is 0 Å². The van der Waals surface area contributed by atoms with Crippen molar-refractivity contribution in [2.24, 2.45) is 0 Å². The van der Waals surface area contributed by atoms with Gasteiger partial charge in [-0.15, -0.1) is 0 Å². The highest BCUT2D eigenvalue weighted by atomic mass is 79.9. The second-order valence-corrected chi connectivity index (χ2v) is 7.31. The summed E-state index contributed by atoms with van der Waals surface area (Å²) in [5, 5.41) is 2.32. The molecule has 0 amide bonds. The van der Waals surface area contributed by atoms with Crippen molar-refractivity contribution >= 4 is 37.9 Å². The van der Waals surface area contributed by atoms with E-state index in [1.54, 1.807) is 0 Å². The summed E-state index contributed by atoms with van der Waals surface area (Å²) in [6, 6.07) is 31.7. The molecule has 0 aliphatic carbocycles. The number of furan rings is 1. The minimum absolute atomic E-state index is 0.932. The van der Waals surface area contributed by atoms with Crippen LogP contribution in [0.15, 0.2) is 99.9 Å². The predicted octanol–water partition coefficient (Wildman–Crippen LogP) is 7.68. The quantitative estimate of drug-likeness (QED) is 0.297. The van der Waals surface area contributed by atoms with Crippen LogP contribution in [0, 0.1) is 0 Å². The van der Waals surface area contributed by atoms with Gasteiger partial charge in [-0.1, -0.05) is 76.6 Å². The minimum atomic E-state index is 0.932. The maximum absolute atomic E-state index is 5.93. The molecule has 0 aliphatic rings. The summed E-state index contributed by atoms with van der Waals surface area (Å²) in [4.78, 5) is 0. The van der Waals surface area contributed by atoms with Crippen LogP contribution < -0.4 is 0 Å². The summed E-state index contributed by atoms with van der Waals surface area (Å²) in [5.41, 5.74) is 6.71. The standard InChI is InChI=1S/C24H15BrO/c25-20-12-9-17(10-13-20)16-5-7-18(8-6-16)19-11-14-24-22(15-19)21-3-1-2-4-23(21)26-24/h1-15H. The number of rotatable bonds is 2. The van der Waals surface area contributed by atoms with Crippen LogP contribution >= 0.6 is 15.9 Å². The van der Waals surface area contributed by atoms with Crippen molar-refractivity contribution in [3.63, 3.8) is 0 Å². The minimum Gasteiger partial charge on any atom is -0.456 e. The average molecular weight is 399 g/mol. The number of fused-ring (bicyclic) bond motifs is 3. The number of halogens is 1. The Kier molecular flexibility index (Phi) is 3.65. The maximum atomic E-state index is 5.93. The van der Waals surface area contributed by atoms with Gasteiger partial charge in [0.15, 0.2) is 0 Å². The van der Waals surface area contributed by atoms with Gasteiger partial charge in [-0.25, -0.2) is 0 Å². The fourth-order valence-corrected chi connectivity index (χ4v) is 3.67. The van der Waals surface area contributed by atoms with Crippen molar-refractivity contribution in [2.75, 3.05) is 0 Å². The zero-order valence-corrected chi connectivity index (χ0v) is 15.5. The molecule has 0 atom stereocenters. The van der Waals surface area contributed by atoms with Gasteiger partial charge in [-0.2, -0.15) is 0 Å². The highest BCUT2D eigenvalue weighted by Crippen LogP contribution is 2.33. The first kappa shape index (κ1) is 15.4. The van der Waals surface area contributed by atoms with E-state index < -0.39 is 0 Å². The second kappa shape index (κ2) is 6.15. The van der Waals surface area contributed by atoms with Crippen molar-refractivity contribution in [1.82, 2.24) is 0 Å². The van der Waals surface area contributed by atoms with Gasteiger partial charge in [-0.05, 0) is 52.6 Å².